The summed E-state index contributed by atoms with van der Waals surface area (Å²) in [6.45, 7) is -0.208. The van der Waals surface area contributed by atoms with Crippen molar-refractivity contribution in [3.8, 4) is 6.07 Å². The number of sulfonamides is 1. The van der Waals surface area contributed by atoms with Crippen LogP contribution in [-0.2, 0) is 27.8 Å². The van der Waals surface area contributed by atoms with Gasteiger partial charge in [0.05, 0.1) is 41.4 Å². The van der Waals surface area contributed by atoms with Crippen molar-refractivity contribution < 1.29 is 22.3 Å². The van der Waals surface area contributed by atoms with E-state index in [2.05, 4.69) is 9.72 Å². The van der Waals surface area contributed by atoms with E-state index in [-0.39, 0.29) is 23.5 Å². The molecular weight excluding hydrogens is 421 g/mol. The zero-order valence-electron chi connectivity index (χ0n) is 16.5. The number of hydrogen-bond acceptors (Lipinski definition) is 6. The van der Waals surface area contributed by atoms with Crippen LogP contribution in [-0.4, -0.2) is 30.8 Å². The van der Waals surface area contributed by atoms with Crippen LogP contribution >= 0.6 is 0 Å². The highest BCUT2D eigenvalue weighted by atomic mass is 32.2. The van der Waals surface area contributed by atoms with Crippen molar-refractivity contribution in [3.63, 3.8) is 0 Å². The van der Waals surface area contributed by atoms with Crippen LogP contribution in [0.2, 0.25) is 0 Å². The third-order valence-corrected chi connectivity index (χ3v) is 6.29. The molecule has 9 heteroatoms. The summed E-state index contributed by atoms with van der Waals surface area (Å²) in [4.78, 5) is 15.8. The molecule has 0 aliphatic carbocycles. The molecule has 0 amide bonds. The number of rotatable bonds is 7. The van der Waals surface area contributed by atoms with E-state index in [9.17, 15) is 17.6 Å². The molecule has 0 atom stereocenters. The Kier molecular flexibility index (Phi) is 6.74. The summed E-state index contributed by atoms with van der Waals surface area (Å²) in [7, 11) is -2.85. The summed E-state index contributed by atoms with van der Waals surface area (Å²) in [6.07, 6.45) is 1.55. The van der Waals surface area contributed by atoms with Gasteiger partial charge in [0.15, 0.2) is 0 Å². The maximum atomic E-state index is 14.4. The van der Waals surface area contributed by atoms with E-state index < -0.39 is 21.8 Å². The Morgan fingerprint density at radius 3 is 2.45 bits per heavy atom. The summed E-state index contributed by atoms with van der Waals surface area (Å²) < 4.78 is 46.6. The number of halogens is 1. The lowest BCUT2D eigenvalue weighted by Crippen LogP contribution is -2.30. The predicted octanol–water partition coefficient (Wildman–Crippen LogP) is 3.27. The highest BCUT2D eigenvalue weighted by Gasteiger charge is 2.26. The lowest BCUT2D eigenvalue weighted by molar-refractivity contribution is 0.0595. The van der Waals surface area contributed by atoms with Crippen LogP contribution in [0, 0.1) is 17.1 Å². The zero-order chi connectivity index (χ0) is 22.4. The molecule has 0 aliphatic rings. The molecule has 1 aromatic heterocycles. The Morgan fingerprint density at radius 2 is 1.87 bits per heavy atom. The van der Waals surface area contributed by atoms with Crippen molar-refractivity contribution in [1.29, 1.82) is 5.26 Å². The van der Waals surface area contributed by atoms with Gasteiger partial charge in [-0.05, 0) is 54.1 Å². The first kappa shape index (κ1) is 22.1. The van der Waals surface area contributed by atoms with Crippen molar-refractivity contribution in [2.75, 3.05) is 7.11 Å². The molecule has 158 valence electrons. The lowest BCUT2D eigenvalue weighted by atomic mass is 10.1. The first-order valence-corrected chi connectivity index (χ1v) is 10.6. The van der Waals surface area contributed by atoms with Crippen LogP contribution in [0.25, 0.3) is 0 Å². The quantitative estimate of drug-likeness (QED) is 0.524. The lowest BCUT2D eigenvalue weighted by Gasteiger charge is -2.22. The van der Waals surface area contributed by atoms with E-state index in [1.807, 2.05) is 6.07 Å². The minimum Gasteiger partial charge on any atom is -0.465 e. The maximum Gasteiger partial charge on any atom is 0.340 e. The topological polar surface area (TPSA) is 100 Å². The first-order valence-electron chi connectivity index (χ1n) is 9.12. The number of carbonyl (C=O) groups excluding carboxylic acids is 1. The fourth-order valence-electron chi connectivity index (χ4n) is 2.88. The molecule has 0 aliphatic heterocycles. The molecular formula is C22H18FN3O4S. The molecule has 7 nitrogen and oxygen atoms in total. The summed E-state index contributed by atoms with van der Waals surface area (Å²) in [5.74, 6) is -1.63. The average molecular weight is 439 g/mol. The van der Waals surface area contributed by atoms with Crippen molar-refractivity contribution in [2.45, 2.75) is 18.0 Å². The number of methoxy groups -OCH3 is 1. The molecule has 31 heavy (non-hydrogen) atoms. The van der Waals surface area contributed by atoms with E-state index in [1.165, 1.54) is 36.4 Å². The number of benzene rings is 2. The molecule has 0 saturated carbocycles. The molecule has 0 N–H and O–H groups in total. The Labute approximate surface area is 179 Å². The third-order valence-electron chi connectivity index (χ3n) is 4.48. The molecule has 3 rings (SSSR count). The van der Waals surface area contributed by atoms with E-state index in [1.54, 1.807) is 24.4 Å². The summed E-state index contributed by atoms with van der Waals surface area (Å²) in [5, 5.41) is 8.95. The summed E-state index contributed by atoms with van der Waals surface area (Å²) >= 11 is 0. The summed E-state index contributed by atoms with van der Waals surface area (Å²) in [6, 6.07) is 16.4. The molecule has 0 bridgehead atoms. The molecule has 2 aromatic carbocycles. The van der Waals surface area contributed by atoms with Gasteiger partial charge < -0.3 is 4.74 Å². The number of esters is 1. The number of ether oxygens (including phenoxy) is 1. The molecule has 0 unspecified atom stereocenters. The highest BCUT2D eigenvalue weighted by Crippen LogP contribution is 2.22. The zero-order valence-corrected chi connectivity index (χ0v) is 17.3. The molecule has 0 saturated heterocycles. The SMILES string of the molecule is COC(=O)c1ccc(CN(Cc2ccccn2)S(=O)(=O)c2ccc(C#N)cc2)cc1F. The Morgan fingerprint density at radius 1 is 1.13 bits per heavy atom. The second-order valence-corrected chi connectivity index (χ2v) is 8.47. The predicted molar refractivity (Wildman–Crippen MR) is 110 cm³/mol. The van der Waals surface area contributed by atoms with Crippen LogP contribution in [0.3, 0.4) is 0 Å². The van der Waals surface area contributed by atoms with Crippen LogP contribution in [0.15, 0.2) is 71.8 Å². The molecule has 0 spiro atoms. The van der Waals surface area contributed by atoms with E-state index >= 15 is 0 Å². The summed E-state index contributed by atoms with van der Waals surface area (Å²) in [5.41, 5.74) is 0.942. The minimum absolute atomic E-state index is 0.00548. The molecule has 0 fully saturated rings. The van der Waals surface area contributed by atoms with Crippen LogP contribution in [0.1, 0.15) is 27.2 Å². The van der Waals surface area contributed by atoms with Gasteiger partial charge in [-0.15, -0.1) is 0 Å². The van der Waals surface area contributed by atoms with Gasteiger partial charge in [0.25, 0.3) is 0 Å². The third kappa shape index (κ3) is 5.12. The van der Waals surface area contributed by atoms with Gasteiger partial charge in [-0.25, -0.2) is 17.6 Å². The standard InChI is InChI=1S/C22H18FN3O4S/c1-30-22(27)20-10-7-17(12-21(20)23)14-26(15-18-4-2-3-11-25-18)31(28,29)19-8-5-16(13-24)6-9-19/h2-12H,14-15H2,1H3. The van der Waals surface area contributed by atoms with E-state index in [0.29, 0.717) is 16.8 Å². The molecule has 1 heterocycles. The molecule has 0 radical (unpaired) electrons. The van der Waals surface area contributed by atoms with Crippen LogP contribution in [0.5, 0.6) is 0 Å². The van der Waals surface area contributed by atoms with Crippen molar-refractivity contribution in [3.05, 3.63) is 95.1 Å². The van der Waals surface area contributed by atoms with Crippen molar-refractivity contribution >= 4 is 16.0 Å². The Hall–Kier alpha value is -3.61. The number of carbonyl (C=O) groups is 1. The fourth-order valence-corrected chi connectivity index (χ4v) is 4.28. The largest absolute Gasteiger partial charge is 0.465 e. The number of hydrogen-bond donors (Lipinski definition) is 0. The second kappa shape index (κ2) is 9.47. The Balaban J connectivity index is 1.97. The smallest absolute Gasteiger partial charge is 0.340 e. The van der Waals surface area contributed by atoms with Gasteiger partial charge in [0.1, 0.15) is 5.82 Å². The highest BCUT2D eigenvalue weighted by molar-refractivity contribution is 7.89. The second-order valence-electron chi connectivity index (χ2n) is 6.54. The van der Waals surface area contributed by atoms with Gasteiger partial charge in [0, 0.05) is 12.7 Å². The number of nitrogens with zero attached hydrogens (tertiary/aromatic N) is 3. The Bertz CT molecular complexity index is 1220. The number of pyridine rings is 1. The van der Waals surface area contributed by atoms with Gasteiger partial charge >= 0.3 is 5.97 Å². The van der Waals surface area contributed by atoms with E-state index in [4.69, 9.17) is 5.26 Å². The van der Waals surface area contributed by atoms with Gasteiger partial charge in [0.2, 0.25) is 10.0 Å². The van der Waals surface area contributed by atoms with Crippen LogP contribution in [0.4, 0.5) is 4.39 Å². The number of nitriles is 1. The van der Waals surface area contributed by atoms with Crippen molar-refractivity contribution in [1.82, 2.24) is 9.29 Å². The first-order chi connectivity index (χ1) is 14.8. The fraction of sp³-hybridized carbons (Fsp3) is 0.136. The molecule has 3 aromatic rings. The normalized spacial score (nSPS) is 11.2. The van der Waals surface area contributed by atoms with Gasteiger partial charge in [-0.2, -0.15) is 9.57 Å². The van der Waals surface area contributed by atoms with E-state index in [0.717, 1.165) is 17.5 Å². The maximum absolute atomic E-state index is 14.4. The minimum atomic E-state index is -4.00. The van der Waals surface area contributed by atoms with Crippen LogP contribution < -0.4 is 0 Å². The average Bonchev–Trinajstić information content (AvgIpc) is 2.79. The van der Waals surface area contributed by atoms with Gasteiger partial charge in [-0.1, -0.05) is 12.1 Å². The number of aromatic nitrogens is 1. The van der Waals surface area contributed by atoms with Crippen molar-refractivity contribution in [2.24, 2.45) is 0 Å². The monoisotopic (exact) mass is 439 g/mol. The van der Waals surface area contributed by atoms with Gasteiger partial charge in [-0.3, -0.25) is 4.98 Å².